The SMILES string of the molecule is CNC(=O)[C@@]1(c2ccccn2)CCCN(Cc2ccccc2N2CCCCC2)C1. The van der Waals surface area contributed by atoms with Crippen LogP contribution >= 0.6 is 0 Å². The third kappa shape index (κ3) is 4.15. The molecule has 2 fully saturated rings. The summed E-state index contributed by atoms with van der Waals surface area (Å²) in [5.74, 6) is 0.0743. The molecule has 3 heterocycles. The number of anilines is 1. The van der Waals surface area contributed by atoms with Crippen LogP contribution in [0.1, 0.15) is 43.4 Å². The average molecular weight is 393 g/mol. The molecule has 1 N–H and O–H groups in total. The third-order valence-corrected chi connectivity index (χ3v) is 6.47. The van der Waals surface area contributed by atoms with E-state index in [9.17, 15) is 4.79 Å². The van der Waals surface area contributed by atoms with Gasteiger partial charge in [-0.05, 0) is 62.4 Å². The molecule has 2 aliphatic rings. The van der Waals surface area contributed by atoms with Crippen LogP contribution in [0.2, 0.25) is 0 Å². The summed E-state index contributed by atoms with van der Waals surface area (Å²) in [6, 6.07) is 14.7. The summed E-state index contributed by atoms with van der Waals surface area (Å²) in [7, 11) is 1.73. The van der Waals surface area contributed by atoms with Gasteiger partial charge in [-0.15, -0.1) is 0 Å². The van der Waals surface area contributed by atoms with Crippen molar-refractivity contribution in [3.05, 3.63) is 59.9 Å². The van der Waals surface area contributed by atoms with Gasteiger partial charge in [0.05, 0.1) is 5.69 Å². The van der Waals surface area contributed by atoms with Gasteiger partial charge in [0, 0.05) is 45.1 Å². The van der Waals surface area contributed by atoms with E-state index >= 15 is 0 Å². The number of benzene rings is 1. The molecule has 1 atom stereocenters. The maximum Gasteiger partial charge on any atom is 0.233 e. The lowest BCUT2D eigenvalue weighted by atomic mass is 9.75. The van der Waals surface area contributed by atoms with E-state index < -0.39 is 5.41 Å². The number of likely N-dealkylation sites (tertiary alicyclic amines) is 1. The number of nitrogens with zero attached hydrogens (tertiary/aromatic N) is 3. The van der Waals surface area contributed by atoms with E-state index in [0.29, 0.717) is 6.54 Å². The number of piperidine rings is 2. The predicted octanol–water partition coefficient (Wildman–Crippen LogP) is 3.35. The number of likely N-dealkylation sites (N-methyl/N-ethyl adjacent to an activating group) is 1. The normalized spacial score (nSPS) is 23.0. The first-order valence-electron chi connectivity index (χ1n) is 10.9. The standard InChI is InChI=1S/C24H32N4O/c1-25-23(29)24(22-12-5-6-14-26-22)13-9-15-27(19-24)18-20-10-3-4-11-21(20)28-16-7-2-8-17-28/h3-6,10-12,14H,2,7-9,13,15-19H2,1H3,(H,25,29)/t24-/m0/s1. The summed E-state index contributed by atoms with van der Waals surface area (Å²) in [6.45, 7) is 4.89. The Labute approximate surface area is 174 Å². The van der Waals surface area contributed by atoms with Gasteiger partial charge in [0.2, 0.25) is 5.91 Å². The van der Waals surface area contributed by atoms with Gasteiger partial charge in [0.25, 0.3) is 0 Å². The van der Waals surface area contributed by atoms with Crippen LogP contribution in [0.15, 0.2) is 48.7 Å². The van der Waals surface area contributed by atoms with Gasteiger partial charge in [-0.2, -0.15) is 0 Å². The minimum absolute atomic E-state index is 0.0743. The molecule has 0 saturated carbocycles. The summed E-state index contributed by atoms with van der Waals surface area (Å²) in [5.41, 5.74) is 3.03. The third-order valence-electron chi connectivity index (χ3n) is 6.47. The van der Waals surface area contributed by atoms with Crippen LogP contribution in [-0.4, -0.2) is 49.0 Å². The molecule has 0 aliphatic carbocycles. The van der Waals surface area contributed by atoms with E-state index in [2.05, 4.69) is 44.4 Å². The summed E-state index contributed by atoms with van der Waals surface area (Å²) >= 11 is 0. The van der Waals surface area contributed by atoms with Crippen molar-refractivity contribution in [2.45, 2.75) is 44.1 Å². The molecular formula is C24H32N4O. The van der Waals surface area contributed by atoms with Crippen molar-refractivity contribution in [3.8, 4) is 0 Å². The first-order chi connectivity index (χ1) is 14.2. The van der Waals surface area contributed by atoms with Gasteiger partial charge in [-0.25, -0.2) is 0 Å². The molecule has 2 aromatic rings. The van der Waals surface area contributed by atoms with E-state index in [1.807, 2.05) is 18.2 Å². The molecule has 4 rings (SSSR count). The van der Waals surface area contributed by atoms with Crippen LogP contribution in [-0.2, 0) is 16.8 Å². The first-order valence-corrected chi connectivity index (χ1v) is 10.9. The molecule has 1 aromatic heterocycles. The van der Waals surface area contributed by atoms with E-state index in [-0.39, 0.29) is 5.91 Å². The van der Waals surface area contributed by atoms with Gasteiger partial charge >= 0.3 is 0 Å². The highest BCUT2D eigenvalue weighted by atomic mass is 16.2. The second-order valence-electron chi connectivity index (χ2n) is 8.37. The Morgan fingerprint density at radius 2 is 1.83 bits per heavy atom. The molecule has 1 aromatic carbocycles. The first kappa shape index (κ1) is 19.9. The topological polar surface area (TPSA) is 48.5 Å². The maximum absolute atomic E-state index is 13.0. The molecule has 29 heavy (non-hydrogen) atoms. The molecular weight excluding hydrogens is 360 g/mol. The second kappa shape index (κ2) is 8.95. The zero-order valence-corrected chi connectivity index (χ0v) is 17.4. The Morgan fingerprint density at radius 1 is 1.03 bits per heavy atom. The van der Waals surface area contributed by atoms with Crippen molar-refractivity contribution in [2.75, 3.05) is 38.1 Å². The van der Waals surface area contributed by atoms with Crippen molar-refractivity contribution in [2.24, 2.45) is 0 Å². The van der Waals surface area contributed by atoms with Gasteiger partial charge in [0.15, 0.2) is 0 Å². The van der Waals surface area contributed by atoms with Crippen LogP contribution in [0.25, 0.3) is 0 Å². The fraction of sp³-hybridized carbons (Fsp3) is 0.500. The monoisotopic (exact) mass is 392 g/mol. The molecule has 5 nitrogen and oxygen atoms in total. The Kier molecular flexibility index (Phi) is 6.14. The molecule has 0 radical (unpaired) electrons. The van der Waals surface area contributed by atoms with Gasteiger partial charge in [-0.1, -0.05) is 24.3 Å². The van der Waals surface area contributed by atoms with Crippen LogP contribution in [0.3, 0.4) is 0 Å². The molecule has 1 amide bonds. The van der Waals surface area contributed by atoms with Crippen LogP contribution in [0.4, 0.5) is 5.69 Å². The highest BCUT2D eigenvalue weighted by Gasteiger charge is 2.44. The number of nitrogens with one attached hydrogen (secondary N) is 1. The quantitative estimate of drug-likeness (QED) is 0.848. The van der Waals surface area contributed by atoms with Crippen molar-refractivity contribution in [1.82, 2.24) is 15.2 Å². The number of rotatable bonds is 5. The van der Waals surface area contributed by atoms with Gasteiger partial charge < -0.3 is 10.2 Å². The molecule has 2 aliphatic heterocycles. The molecule has 5 heteroatoms. The van der Waals surface area contributed by atoms with E-state index in [1.54, 1.807) is 13.2 Å². The summed E-state index contributed by atoms with van der Waals surface area (Å²) in [6.07, 6.45) is 7.52. The van der Waals surface area contributed by atoms with Crippen molar-refractivity contribution < 1.29 is 4.79 Å². The maximum atomic E-state index is 13.0. The summed E-state index contributed by atoms with van der Waals surface area (Å²) in [5, 5.41) is 2.91. The average Bonchev–Trinajstić information content (AvgIpc) is 2.80. The van der Waals surface area contributed by atoms with E-state index in [0.717, 1.165) is 44.7 Å². The zero-order chi connectivity index (χ0) is 20.1. The molecule has 0 spiro atoms. The Balaban J connectivity index is 1.58. The minimum Gasteiger partial charge on any atom is -0.371 e. The summed E-state index contributed by atoms with van der Waals surface area (Å²) in [4.78, 5) is 22.6. The number of pyridine rings is 1. The number of para-hydroxylation sites is 1. The fourth-order valence-corrected chi connectivity index (χ4v) is 5.00. The molecule has 2 saturated heterocycles. The number of carbonyl (C=O) groups is 1. The largest absolute Gasteiger partial charge is 0.371 e. The Bertz CT molecular complexity index is 819. The number of aromatic nitrogens is 1. The van der Waals surface area contributed by atoms with Gasteiger partial charge in [0.1, 0.15) is 5.41 Å². The molecule has 154 valence electrons. The highest BCUT2D eigenvalue weighted by molar-refractivity contribution is 5.88. The van der Waals surface area contributed by atoms with Crippen molar-refractivity contribution in [1.29, 1.82) is 0 Å². The number of hydrogen-bond donors (Lipinski definition) is 1. The van der Waals surface area contributed by atoms with Gasteiger partial charge in [-0.3, -0.25) is 14.7 Å². The fourth-order valence-electron chi connectivity index (χ4n) is 5.00. The number of hydrogen-bond acceptors (Lipinski definition) is 4. The summed E-state index contributed by atoms with van der Waals surface area (Å²) < 4.78 is 0. The van der Waals surface area contributed by atoms with Crippen molar-refractivity contribution >= 4 is 11.6 Å². The smallest absolute Gasteiger partial charge is 0.233 e. The van der Waals surface area contributed by atoms with E-state index in [4.69, 9.17) is 0 Å². The zero-order valence-electron chi connectivity index (χ0n) is 17.4. The van der Waals surface area contributed by atoms with Crippen LogP contribution in [0, 0.1) is 0 Å². The lowest BCUT2D eigenvalue weighted by Gasteiger charge is -2.41. The Hall–Kier alpha value is -2.40. The molecule has 0 unspecified atom stereocenters. The highest BCUT2D eigenvalue weighted by Crippen LogP contribution is 2.35. The molecule has 0 bridgehead atoms. The van der Waals surface area contributed by atoms with Crippen molar-refractivity contribution in [3.63, 3.8) is 0 Å². The lowest BCUT2D eigenvalue weighted by Crippen LogP contribution is -2.54. The van der Waals surface area contributed by atoms with E-state index in [1.165, 1.54) is 30.5 Å². The number of amides is 1. The predicted molar refractivity (Wildman–Crippen MR) is 117 cm³/mol. The minimum atomic E-state index is -0.575. The van der Waals surface area contributed by atoms with Crippen LogP contribution in [0.5, 0.6) is 0 Å². The second-order valence-corrected chi connectivity index (χ2v) is 8.37. The Morgan fingerprint density at radius 3 is 2.59 bits per heavy atom. The lowest BCUT2D eigenvalue weighted by molar-refractivity contribution is -0.128. The van der Waals surface area contributed by atoms with Crippen LogP contribution < -0.4 is 10.2 Å². The number of carbonyl (C=O) groups excluding carboxylic acids is 1.